The number of nitrogens with one attached hydrogen (secondary N) is 3. The average Bonchev–Trinajstić information content (AvgIpc) is 2.83. The first kappa shape index (κ1) is 25.7. The molecular weight excluding hydrogens is 444 g/mol. The summed E-state index contributed by atoms with van der Waals surface area (Å²) in [6.45, 7) is 3.63. The van der Waals surface area contributed by atoms with Crippen LogP contribution in [0.4, 0.5) is 16.2 Å². The first-order valence-electron chi connectivity index (χ1n) is 10.5. The Morgan fingerprint density at radius 2 is 1.70 bits per heavy atom. The summed E-state index contributed by atoms with van der Waals surface area (Å²) in [5.74, 6) is -0.758. The molecule has 0 radical (unpaired) electrons. The van der Waals surface area contributed by atoms with Gasteiger partial charge in [-0.25, -0.2) is 14.0 Å². The third-order valence-electron chi connectivity index (χ3n) is 4.39. The molecule has 0 spiro atoms. The van der Waals surface area contributed by atoms with E-state index in [1.54, 1.807) is 49.4 Å². The summed E-state index contributed by atoms with van der Waals surface area (Å²) in [6.07, 6.45) is 1.22. The molecule has 3 N–H and O–H groups in total. The molecule has 0 aromatic heterocycles. The van der Waals surface area contributed by atoms with Gasteiger partial charge in [0.2, 0.25) is 17.8 Å². The Kier molecular flexibility index (Phi) is 10.2. The normalized spacial score (nSPS) is 11.9. The second-order valence-electron chi connectivity index (χ2n) is 6.89. The molecule has 0 fully saturated rings. The summed E-state index contributed by atoms with van der Waals surface area (Å²) in [7, 11) is -0.296. The van der Waals surface area contributed by atoms with Gasteiger partial charge < -0.3 is 10.1 Å². The fourth-order valence-electron chi connectivity index (χ4n) is 2.63. The van der Waals surface area contributed by atoms with Crippen LogP contribution in [0.2, 0.25) is 0 Å². The van der Waals surface area contributed by atoms with Gasteiger partial charge in [0.05, 0.1) is 29.3 Å². The molecule has 2 aromatic carbocycles. The fourth-order valence-corrected chi connectivity index (χ4v) is 3.73. The van der Waals surface area contributed by atoms with E-state index in [1.807, 2.05) is 13.0 Å². The number of alkyl carbamates (subject to hydrolysis) is 1. The number of anilines is 1. The molecule has 0 aliphatic carbocycles. The highest BCUT2D eigenvalue weighted by atomic mass is 32.2. The first-order chi connectivity index (χ1) is 15.9. The van der Waals surface area contributed by atoms with E-state index in [4.69, 9.17) is 0 Å². The van der Waals surface area contributed by atoms with Crippen LogP contribution in [0.5, 0.6) is 0 Å². The summed E-state index contributed by atoms with van der Waals surface area (Å²) in [5, 5.41) is 7.62. The number of benzene rings is 2. The maximum absolute atomic E-state index is 13.0. The van der Waals surface area contributed by atoms with Crippen LogP contribution in [0.25, 0.3) is 0 Å². The Balaban J connectivity index is 2.47. The van der Waals surface area contributed by atoms with Gasteiger partial charge in [-0.3, -0.25) is 20.2 Å². The van der Waals surface area contributed by atoms with Crippen LogP contribution in [0.1, 0.15) is 39.5 Å². The van der Waals surface area contributed by atoms with Crippen LogP contribution >= 0.6 is 0 Å². The van der Waals surface area contributed by atoms with Gasteiger partial charge >= 0.3 is 6.09 Å². The number of ether oxygens (including phenoxy) is 1. The standard InChI is InChI=1S/C23H28N4O5S/c1-4-6-12-21(29)24-19-15-17(33(31)16-10-8-7-9-11-16)13-14-18(19)25-22(26-20(28)5-2)27-23(30)32-3/h7-11,13-15H,4-6,12H2,1-3H3,(H,24,29)(H2,25,26,27,28,30). The quantitative estimate of drug-likeness (QED) is 0.397. The number of unbranched alkanes of at least 4 members (excludes halogenated alkanes) is 1. The van der Waals surface area contributed by atoms with Crippen molar-refractivity contribution >= 4 is 46.0 Å². The molecule has 176 valence electrons. The van der Waals surface area contributed by atoms with Crippen molar-refractivity contribution in [2.45, 2.75) is 49.3 Å². The van der Waals surface area contributed by atoms with Crippen molar-refractivity contribution in [1.82, 2.24) is 10.6 Å². The van der Waals surface area contributed by atoms with Gasteiger partial charge in [-0.1, -0.05) is 38.5 Å². The van der Waals surface area contributed by atoms with E-state index in [0.29, 0.717) is 28.3 Å². The van der Waals surface area contributed by atoms with E-state index in [0.717, 1.165) is 6.42 Å². The van der Waals surface area contributed by atoms with Crippen molar-refractivity contribution in [3.05, 3.63) is 48.5 Å². The van der Waals surface area contributed by atoms with E-state index < -0.39 is 16.9 Å². The van der Waals surface area contributed by atoms with Crippen LogP contribution in [0.3, 0.4) is 0 Å². The highest BCUT2D eigenvalue weighted by Gasteiger charge is 2.15. The minimum absolute atomic E-state index is 0.158. The summed E-state index contributed by atoms with van der Waals surface area (Å²) in [4.78, 5) is 41.3. The molecule has 0 bridgehead atoms. The lowest BCUT2D eigenvalue weighted by Gasteiger charge is -2.13. The van der Waals surface area contributed by atoms with Crippen molar-refractivity contribution in [1.29, 1.82) is 0 Å². The number of amides is 3. The minimum Gasteiger partial charge on any atom is -0.453 e. The second kappa shape index (κ2) is 13.1. The van der Waals surface area contributed by atoms with E-state index in [9.17, 15) is 18.6 Å². The predicted molar refractivity (Wildman–Crippen MR) is 127 cm³/mol. The maximum Gasteiger partial charge on any atom is 0.413 e. The smallest absolute Gasteiger partial charge is 0.413 e. The molecular formula is C23H28N4O5S. The number of hydrogen-bond donors (Lipinski definition) is 3. The van der Waals surface area contributed by atoms with Crippen molar-refractivity contribution in [2.24, 2.45) is 4.99 Å². The largest absolute Gasteiger partial charge is 0.453 e. The van der Waals surface area contributed by atoms with Gasteiger partial charge in [-0.2, -0.15) is 0 Å². The molecule has 0 heterocycles. The number of hydrogen-bond acceptors (Lipinski definition) is 6. The van der Waals surface area contributed by atoms with E-state index >= 15 is 0 Å². The zero-order valence-electron chi connectivity index (χ0n) is 18.8. The lowest BCUT2D eigenvalue weighted by molar-refractivity contribution is -0.119. The number of rotatable bonds is 8. The molecule has 1 unspecified atom stereocenters. The van der Waals surface area contributed by atoms with Crippen LogP contribution < -0.4 is 16.0 Å². The number of carbonyl (C=O) groups is 3. The van der Waals surface area contributed by atoms with Crippen LogP contribution in [0, 0.1) is 0 Å². The van der Waals surface area contributed by atoms with Crippen LogP contribution in [-0.2, 0) is 25.1 Å². The topological polar surface area (TPSA) is 126 Å². The van der Waals surface area contributed by atoms with Crippen molar-refractivity contribution < 1.29 is 23.3 Å². The van der Waals surface area contributed by atoms with Crippen LogP contribution in [-0.4, -0.2) is 35.2 Å². The molecule has 2 rings (SSSR count). The highest BCUT2D eigenvalue weighted by molar-refractivity contribution is 7.85. The van der Waals surface area contributed by atoms with Crippen LogP contribution in [0.15, 0.2) is 63.3 Å². The Bertz CT molecular complexity index is 1020. The zero-order chi connectivity index (χ0) is 24.2. The minimum atomic E-state index is -1.48. The third-order valence-corrected chi connectivity index (χ3v) is 5.77. The van der Waals surface area contributed by atoms with Gasteiger partial charge in [0.15, 0.2) is 0 Å². The van der Waals surface area contributed by atoms with Gasteiger partial charge in [0.1, 0.15) is 0 Å². The molecule has 10 heteroatoms. The Labute approximate surface area is 195 Å². The molecule has 9 nitrogen and oxygen atoms in total. The van der Waals surface area contributed by atoms with Crippen molar-refractivity contribution in [3.8, 4) is 0 Å². The first-order valence-corrected chi connectivity index (χ1v) is 11.7. The van der Waals surface area contributed by atoms with E-state index in [1.165, 1.54) is 7.11 Å². The van der Waals surface area contributed by atoms with Gasteiger partial charge in [0, 0.05) is 22.6 Å². The SMILES string of the molecule is CCCCC(=O)Nc1cc(S(=O)c2ccccc2)ccc1N=C(NC(=O)CC)NC(=O)OC. The second-order valence-corrected chi connectivity index (χ2v) is 8.37. The molecule has 33 heavy (non-hydrogen) atoms. The lowest BCUT2D eigenvalue weighted by Crippen LogP contribution is -2.43. The molecule has 3 amide bonds. The average molecular weight is 473 g/mol. The van der Waals surface area contributed by atoms with Gasteiger partial charge in [0.25, 0.3) is 0 Å². The Morgan fingerprint density at radius 1 is 0.970 bits per heavy atom. The van der Waals surface area contributed by atoms with Gasteiger partial charge in [-0.05, 0) is 36.8 Å². The monoisotopic (exact) mass is 472 g/mol. The van der Waals surface area contributed by atoms with Crippen molar-refractivity contribution in [2.75, 3.05) is 12.4 Å². The number of methoxy groups -OCH3 is 1. The molecule has 1 atom stereocenters. The summed E-state index contributed by atoms with van der Waals surface area (Å²) >= 11 is 0. The van der Waals surface area contributed by atoms with Gasteiger partial charge in [-0.15, -0.1) is 0 Å². The zero-order valence-corrected chi connectivity index (χ0v) is 19.7. The number of aliphatic imine (C=N–C) groups is 1. The van der Waals surface area contributed by atoms with Crippen molar-refractivity contribution in [3.63, 3.8) is 0 Å². The number of carbonyl (C=O) groups excluding carboxylic acids is 3. The number of guanidine groups is 1. The molecule has 0 saturated heterocycles. The molecule has 0 aliphatic heterocycles. The summed E-state index contributed by atoms with van der Waals surface area (Å²) in [6, 6.07) is 13.7. The highest BCUT2D eigenvalue weighted by Crippen LogP contribution is 2.29. The summed E-state index contributed by atoms with van der Waals surface area (Å²) in [5.41, 5.74) is 0.560. The van der Waals surface area contributed by atoms with E-state index in [2.05, 4.69) is 25.7 Å². The molecule has 0 saturated carbocycles. The molecule has 0 aliphatic rings. The lowest BCUT2D eigenvalue weighted by atomic mass is 10.2. The molecule has 2 aromatic rings. The predicted octanol–water partition coefficient (Wildman–Crippen LogP) is 3.85. The fraction of sp³-hybridized carbons (Fsp3) is 0.304. The van der Waals surface area contributed by atoms with E-state index in [-0.39, 0.29) is 29.9 Å². The summed E-state index contributed by atoms with van der Waals surface area (Å²) < 4.78 is 17.6. The number of nitrogens with zero attached hydrogens (tertiary/aromatic N) is 1. The maximum atomic E-state index is 13.0. The Hall–Kier alpha value is -3.53. The third kappa shape index (κ3) is 8.15. The Morgan fingerprint density at radius 3 is 2.33 bits per heavy atom.